The summed E-state index contributed by atoms with van der Waals surface area (Å²) in [6.07, 6.45) is 1.45. The highest BCUT2D eigenvalue weighted by Gasteiger charge is 2.34. The molecule has 1 fully saturated rings. The zero-order chi connectivity index (χ0) is 15.8. The third-order valence-electron chi connectivity index (χ3n) is 3.40. The molecule has 0 radical (unpaired) electrons. The molecular weight excluding hydrogens is 272 g/mol. The molecule has 1 aliphatic heterocycles. The molecule has 0 aromatic heterocycles. The first kappa shape index (κ1) is 18.0. The van der Waals surface area contributed by atoms with Gasteiger partial charge in [0.2, 0.25) is 0 Å². The van der Waals surface area contributed by atoms with Gasteiger partial charge in [0.15, 0.2) is 12.2 Å². The first-order valence-corrected chi connectivity index (χ1v) is 7.85. The normalized spacial score (nSPS) is 21.8. The van der Waals surface area contributed by atoms with Crippen molar-refractivity contribution in [1.29, 1.82) is 0 Å². The molecule has 1 heterocycles. The second-order valence-corrected chi connectivity index (χ2v) is 6.46. The van der Waals surface area contributed by atoms with Crippen LogP contribution in [0.25, 0.3) is 0 Å². The van der Waals surface area contributed by atoms with Crippen LogP contribution in [0.2, 0.25) is 0 Å². The van der Waals surface area contributed by atoms with Gasteiger partial charge in [0.1, 0.15) is 0 Å². The van der Waals surface area contributed by atoms with Gasteiger partial charge in [-0.1, -0.05) is 27.7 Å². The molecule has 0 aromatic rings. The predicted octanol–water partition coefficient (Wildman–Crippen LogP) is 2.71. The lowest BCUT2D eigenvalue weighted by molar-refractivity contribution is -0.164. The van der Waals surface area contributed by atoms with Crippen LogP contribution in [0.5, 0.6) is 0 Å². The van der Waals surface area contributed by atoms with E-state index in [1.54, 1.807) is 0 Å². The number of hydrogen-bond acceptors (Lipinski definition) is 5. The Bertz CT molecular complexity index is 306. The Kier molecular flexibility index (Phi) is 7.72. The maximum atomic E-state index is 11.7. The monoisotopic (exact) mass is 300 g/mol. The average molecular weight is 300 g/mol. The molecule has 0 aromatic carbocycles. The van der Waals surface area contributed by atoms with Crippen LogP contribution in [0, 0.1) is 11.8 Å². The molecule has 0 N–H and O–H groups in total. The summed E-state index contributed by atoms with van der Waals surface area (Å²) < 4.78 is 16.0. The lowest BCUT2D eigenvalue weighted by Gasteiger charge is -2.19. The average Bonchev–Trinajstić information content (AvgIpc) is 2.81. The molecule has 0 aliphatic carbocycles. The summed E-state index contributed by atoms with van der Waals surface area (Å²) in [6.45, 7) is 8.85. The molecule has 0 amide bonds. The van der Waals surface area contributed by atoms with E-state index in [1.165, 1.54) is 0 Å². The van der Waals surface area contributed by atoms with Crippen molar-refractivity contribution in [2.24, 2.45) is 11.8 Å². The number of carbonyl (C=O) groups excluding carboxylic acids is 2. The maximum Gasteiger partial charge on any atom is 0.306 e. The van der Waals surface area contributed by atoms with E-state index in [-0.39, 0.29) is 11.9 Å². The van der Waals surface area contributed by atoms with Gasteiger partial charge in [-0.3, -0.25) is 9.59 Å². The molecular formula is C16H28O5. The second-order valence-electron chi connectivity index (χ2n) is 6.46. The van der Waals surface area contributed by atoms with Gasteiger partial charge in [-0.05, 0) is 24.7 Å². The summed E-state index contributed by atoms with van der Waals surface area (Å²) in [6, 6.07) is 0. The van der Waals surface area contributed by atoms with Gasteiger partial charge in [0.25, 0.3) is 0 Å². The van der Waals surface area contributed by atoms with Gasteiger partial charge in [-0.15, -0.1) is 0 Å². The molecule has 2 atom stereocenters. The van der Waals surface area contributed by atoms with E-state index in [1.807, 2.05) is 0 Å². The summed E-state index contributed by atoms with van der Waals surface area (Å²) in [5.74, 6) is 0.425. The summed E-state index contributed by atoms with van der Waals surface area (Å²) in [5.41, 5.74) is 0. The van der Waals surface area contributed by atoms with Crippen LogP contribution in [0.3, 0.4) is 0 Å². The van der Waals surface area contributed by atoms with Crippen LogP contribution >= 0.6 is 0 Å². The molecule has 122 valence electrons. The topological polar surface area (TPSA) is 61.8 Å². The molecule has 5 nitrogen and oxygen atoms in total. The maximum absolute atomic E-state index is 11.7. The van der Waals surface area contributed by atoms with Crippen molar-refractivity contribution >= 4 is 11.9 Å². The van der Waals surface area contributed by atoms with E-state index in [4.69, 9.17) is 14.2 Å². The minimum Gasteiger partial charge on any atom is -0.456 e. The fraction of sp³-hybridized carbons (Fsp3) is 0.875. The quantitative estimate of drug-likeness (QED) is 0.645. The zero-order valence-electron chi connectivity index (χ0n) is 13.6. The molecule has 1 rings (SSSR count). The van der Waals surface area contributed by atoms with Crippen LogP contribution < -0.4 is 0 Å². The zero-order valence-corrected chi connectivity index (χ0v) is 13.6. The van der Waals surface area contributed by atoms with Gasteiger partial charge in [-0.25, -0.2) is 0 Å². The van der Waals surface area contributed by atoms with E-state index in [0.29, 0.717) is 37.9 Å². The Balaban J connectivity index is 2.33. The molecule has 0 spiro atoms. The molecule has 1 saturated heterocycles. The summed E-state index contributed by atoms with van der Waals surface area (Å²) >= 11 is 0. The van der Waals surface area contributed by atoms with Gasteiger partial charge in [0.05, 0.1) is 13.2 Å². The Hall–Kier alpha value is -1.10. The van der Waals surface area contributed by atoms with Crippen LogP contribution in [-0.4, -0.2) is 37.4 Å². The van der Waals surface area contributed by atoms with E-state index in [9.17, 15) is 9.59 Å². The predicted molar refractivity (Wildman–Crippen MR) is 78.7 cm³/mol. The summed E-state index contributed by atoms with van der Waals surface area (Å²) in [7, 11) is 0. The van der Waals surface area contributed by atoms with Gasteiger partial charge in [0, 0.05) is 12.8 Å². The third-order valence-corrected chi connectivity index (χ3v) is 3.40. The van der Waals surface area contributed by atoms with Crippen LogP contribution in [0.15, 0.2) is 0 Å². The van der Waals surface area contributed by atoms with Crippen molar-refractivity contribution in [3.8, 4) is 0 Å². The van der Waals surface area contributed by atoms with E-state index >= 15 is 0 Å². The van der Waals surface area contributed by atoms with E-state index in [2.05, 4.69) is 27.7 Å². The minimum absolute atomic E-state index is 0.248. The van der Waals surface area contributed by atoms with Crippen LogP contribution in [0.1, 0.15) is 53.4 Å². The number of ether oxygens (including phenoxy) is 3. The first-order chi connectivity index (χ1) is 9.88. The van der Waals surface area contributed by atoms with Crippen molar-refractivity contribution in [2.75, 3.05) is 13.2 Å². The first-order valence-electron chi connectivity index (χ1n) is 7.85. The highest BCUT2D eigenvalue weighted by Crippen LogP contribution is 2.17. The van der Waals surface area contributed by atoms with Gasteiger partial charge < -0.3 is 14.2 Å². The number of rotatable bonds is 8. The van der Waals surface area contributed by atoms with Crippen LogP contribution in [0.4, 0.5) is 0 Å². The molecule has 1 aliphatic rings. The number of esters is 2. The Morgan fingerprint density at radius 1 is 0.905 bits per heavy atom. The Morgan fingerprint density at radius 3 is 1.62 bits per heavy atom. The fourth-order valence-electron chi connectivity index (χ4n) is 2.00. The van der Waals surface area contributed by atoms with Crippen molar-refractivity contribution in [1.82, 2.24) is 0 Å². The van der Waals surface area contributed by atoms with Gasteiger partial charge >= 0.3 is 11.9 Å². The lowest BCUT2D eigenvalue weighted by atomic mass is 10.1. The van der Waals surface area contributed by atoms with Crippen LogP contribution in [-0.2, 0) is 23.8 Å². The fourth-order valence-corrected chi connectivity index (χ4v) is 2.00. The largest absolute Gasteiger partial charge is 0.456 e. The van der Waals surface area contributed by atoms with E-state index in [0.717, 1.165) is 12.8 Å². The van der Waals surface area contributed by atoms with Crippen molar-refractivity contribution < 1.29 is 23.8 Å². The van der Waals surface area contributed by atoms with Crippen molar-refractivity contribution in [3.05, 3.63) is 0 Å². The highest BCUT2D eigenvalue weighted by atomic mass is 16.6. The third kappa shape index (κ3) is 7.46. The minimum atomic E-state index is -0.465. The molecule has 2 unspecified atom stereocenters. The van der Waals surface area contributed by atoms with E-state index < -0.39 is 12.2 Å². The second kappa shape index (κ2) is 9.03. The Morgan fingerprint density at radius 2 is 1.29 bits per heavy atom. The molecule has 21 heavy (non-hydrogen) atoms. The van der Waals surface area contributed by atoms with Crippen molar-refractivity contribution in [3.63, 3.8) is 0 Å². The standard InChI is InChI=1S/C16H28O5/c1-11(2)5-7-15(17)20-13-9-19-10-14(13)21-16(18)8-6-12(3)4/h11-14H,5-10H2,1-4H3. The smallest absolute Gasteiger partial charge is 0.306 e. The highest BCUT2D eigenvalue weighted by molar-refractivity contribution is 5.70. The van der Waals surface area contributed by atoms with Gasteiger partial charge in [-0.2, -0.15) is 0 Å². The number of hydrogen-bond donors (Lipinski definition) is 0. The SMILES string of the molecule is CC(C)CCC(=O)OC1COCC1OC(=O)CCC(C)C. The summed E-state index contributed by atoms with van der Waals surface area (Å²) in [4.78, 5) is 23.5. The molecule has 0 saturated carbocycles. The summed E-state index contributed by atoms with van der Waals surface area (Å²) in [5, 5.41) is 0. The lowest BCUT2D eigenvalue weighted by Crippen LogP contribution is -2.34. The Labute approximate surface area is 127 Å². The molecule has 0 bridgehead atoms. The molecule has 5 heteroatoms. The number of carbonyl (C=O) groups is 2. The van der Waals surface area contributed by atoms with Crippen molar-refractivity contribution in [2.45, 2.75) is 65.6 Å².